The van der Waals surface area contributed by atoms with Gasteiger partial charge in [0.25, 0.3) is 0 Å². The first-order valence-corrected chi connectivity index (χ1v) is 6.81. The first-order chi connectivity index (χ1) is 8.90. The minimum Gasteiger partial charge on any atom is -0.444 e. The van der Waals surface area contributed by atoms with Crippen molar-refractivity contribution in [1.82, 2.24) is 10.2 Å². The molecular weight excluding hydrogens is 248 g/mol. The van der Waals surface area contributed by atoms with Crippen LogP contribution in [-0.4, -0.2) is 68.2 Å². The van der Waals surface area contributed by atoms with Crippen molar-refractivity contribution in [2.24, 2.45) is 0 Å². The van der Waals surface area contributed by atoms with Gasteiger partial charge in [0, 0.05) is 19.6 Å². The van der Waals surface area contributed by atoms with Crippen LogP contribution in [0, 0.1) is 0 Å². The van der Waals surface area contributed by atoms with Crippen LogP contribution in [0.1, 0.15) is 20.8 Å². The number of morpholine rings is 1. The zero-order valence-corrected chi connectivity index (χ0v) is 12.0. The van der Waals surface area contributed by atoms with Crippen LogP contribution in [0.25, 0.3) is 0 Å². The Labute approximate surface area is 114 Å². The number of carbonyl (C=O) groups is 1. The third kappa shape index (κ3) is 4.06. The molecule has 1 atom stereocenters. The highest BCUT2D eigenvalue weighted by molar-refractivity contribution is 5.68. The molecule has 2 heterocycles. The Bertz CT molecular complexity index is 319. The number of hydrogen-bond donors (Lipinski definition) is 1. The molecular formula is C13H24N2O4. The van der Waals surface area contributed by atoms with Gasteiger partial charge in [-0.25, -0.2) is 4.79 Å². The molecule has 0 aromatic carbocycles. The zero-order valence-electron chi connectivity index (χ0n) is 12.0. The SMILES string of the molecule is CC(C)(C)OC(=O)N1CCOC2(CNCCOC2)C1. The monoisotopic (exact) mass is 272 g/mol. The summed E-state index contributed by atoms with van der Waals surface area (Å²) in [4.78, 5) is 13.8. The third-order valence-corrected chi connectivity index (χ3v) is 3.14. The van der Waals surface area contributed by atoms with Crippen LogP contribution in [0.2, 0.25) is 0 Å². The van der Waals surface area contributed by atoms with Gasteiger partial charge < -0.3 is 24.4 Å². The fourth-order valence-electron chi connectivity index (χ4n) is 2.29. The van der Waals surface area contributed by atoms with E-state index in [1.54, 1.807) is 4.90 Å². The van der Waals surface area contributed by atoms with Crippen molar-refractivity contribution < 1.29 is 19.0 Å². The molecule has 1 unspecified atom stereocenters. The Balaban J connectivity index is 1.98. The van der Waals surface area contributed by atoms with Crippen LogP contribution in [0.15, 0.2) is 0 Å². The lowest BCUT2D eigenvalue weighted by Crippen LogP contribution is -2.59. The summed E-state index contributed by atoms with van der Waals surface area (Å²) in [6.45, 7) is 9.92. The average molecular weight is 272 g/mol. The van der Waals surface area contributed by atoms with Gasteiger partial charge in [0.05, 0.1) is 26.4 Å². The lowest BCUT2D eigenvalue weighted by Gasteiger charge is -2.41. The number of ether oxygens (including phenoxy) is 3. The molecule has 2 aliphatic heterocycles. The first-order valence-electron chi connectivity index (χ1n) is 6.81. The van der Waals surface area contributed by atoms with Gasteiger partial charge in [-0.1, -0.05) is 0 Å². The van der Waals surface area contributed by atoms with Crippen molar-refractivity contribution in [2.75, 3.05) is 46.0 Å². The van der Waals surface area contributed by atoms with Crippen molar-refractivity contribution in [3.63, 3.8) is 0 Å². The standard InChI is InChI=1S/C13H24N2O4/c1-12(2,3)19-11(16)15-5-7-18-13(9-15)8-14-4-6-17-10-13/h14H,4-10H2,1-3H3. The molecule has 2 rings (SSSR count). The molecule has 6 heteroatoms. The lowest BCUT2D eigenvalue weighted by atomic mass is 10.0. The normalized spacial score (nSPS) is 29.1. The first kappa shape index (κ1) is 14.6. The van der Waals surface area contributed by atoms with E-state index < -0.39 is 11.2 Å². The van der Waals surface area contributed by atoms with Crippen LogP contribution in [0.3, 0.4) is 0 Å². The Morgan fingerprint density at radius 1 is 1.37 bits per heavy atom. The predicted octanol–water partition coefficient (Wildman–Crippen LogP) is 0.612. The molecule has 6 nitrogen and oxygen atoms in total. The van der Waals surface area contributed by atoms with E-state index in [9.17, 15) is 4.79 Å². The van der Waals surface area contributed by atoms with E-state index in [1.165, 1.54) is 0 Å². The van der Waals surface area contributed by atoms with Gasteiger partial charge in [-0.2, -0.15) is 0 Å². The largest absolute Gasteiger partial charge is 0.444 e. The van der Waals surface area contributed by atoms with Gasteiger partial charge in [0.1, 0.15) is 11.2 Å². The van der Waals surface area contributed by atoms with Crippen molar-refractivity contribution in [1.29, 1.82) is 0 Å². The molecule has 1 N–H and O–H groups in total. The second-order valence-corrected chi connectivity index (χ2v) is 6.16. The number of carbonyl (C=O) groups excluding carboxylic acids is 1. The highest BCUT2D eigenvalue weighted by atomic mass is 16.6. The van der Waals surface area contributed by atoms with E-state index in [4.69, 9.17) is 14.2 Å². The Hall–Kier alpha value is -0.850. The molecule has 19 heavy (non-hydrogen) atoms. The predicted molar refractivity (Wildman–Crippen MR) is 70.2 cm³/mol. The molecule has 0 bridgehead atoms. The minimum atomic E-state index is -0.471. The van der Waals surface area contributed by atoms with Crippen LogP contribution >= 0.6 is 0 Å². The maximum Gasteiger partial charge on any atom is 0.410 e. The second-order valence-electron chi connectivity index (χ2n) is 6.16. The van der Waals surface area contributed by atoms with Gasteiger partial charge in [-0.3, -0.25) is 0 Å². The average Bonchev–Trinajstić information content (AvgIpc) is 2.53. The summed E-state index contributed by atoms with van der Waals surface area (Å²) in [6.07, 6.45) is -0.278. The van der Waals surface area contributed by atoms with Crippen molar-refractivity contribution >= 4 is 6.09 Å². The third-order valence-electron chi connectivity index (χ3n) is 3.14. The fraction of sp³-hybridized carbons (Fsp3) is 0.923. The molecule has 2 saturated heterocycles. The number of rotatable bonds is 0. The quantitative estimate of drug-likeness (QED) is 0.700. The summed E-state index contributed by atoms with van der Waals surface area (Å²) < 4.78 is 16.8. The van der Waals surface area contributed by atoms with Gasteiger partial charge in [0.15, 0.2) is 0 Å². The summed E-state index contributed by atoms with van der Waals surface area (Å²) in [5.74, 6) is 0. The maximum atomic E-state index is 12.1. The summed E-state index contributed by atoms with van der Waals surface area (Å²) >= 11 is 0. The lowest BCUT2D eigenvalue weighted by molar-refractivity contribution is -0.131. The van der Waals surface area contributed by atoms with Crippen LogP contribution in [-0.2, 0) is 14.2 Å². The molecule has 0 aliphatic carbocycles. The number of amides is 1. The maximum absolute atomic E-state index is 12.1. The van der Waals surface area contributed by atoms with Crippen LogP contribution < -0.4 is 5.32 Å². The fourth-order valence-corrected chi connectivity index (χ4v) is 2.29. The highest BCUT2D eigenvalue weighted by Gasteiger charge is 2.40. The van der Waals surface area contributed by atoms with Crippen LogP contribution in [0.4, 0.5) is 4.79 Å². The van der Waals surface area contributed by atoms with Gasteiger partial charge in [-0.05, 0) is 20.8 Å². The summed E-state index contributed by atoms with van der Waals surface area (Å²) in [5.41, 5.74) is -0.910. The highest BCUT2D eigenvalue weighted by Crippen LogP contribution is 2.21. The van der Waals surface area contributed by atoms with Crippen molar-refractivity contribution in [3.8, 4) is 0 Å². The molecule has 0 saturated carbocycles. The van der Waals surface area contributed by atoms with E-state index in [0.29, 0.717) is 39.5 Å². The van der Waals surface area contributed by atoms with E-state index >= 15 is 0 Å². The van der Waals surface area contributed by atoms with Crippen molar-refractivity contribution in [2.45, 2.75) is 32.0 Å². The van der Waals surface area contributed by atoms with E-state index in [1.807, 2.05) is 20.8 Å². The van der Waals surface area contributed by atoms with E-state index in [2.05, 4.69) is 5.32 Å². The molecule has 2 aliphatic rings. The summed E-state index contributed by atoms with van der Waals surface area (Å²) in [7, 11) is 0. The molecule has 0 radical (unpaired) electrons. The zero-order chi connectivity index (χ0) is 13.9. The van der Waals surface area contributed by atoms with E-state index in [-0.39, 0.29) is 6.09 Å². The second kappa shape index (κ2) is 5.64. The number of nitrogens with zero attached hydrogens (tertiary/aromatic N) is 1. The number of hydrogen-bond acceptors (Lipinski definition) is 5. The smallest absolute Gasteiger partial charge is 0.410 e. The molecule has 110 valence electrons. The van der Waals surface area contributed by atoms with Gasteiger partial charge in [-0.15, -0.1) is 0 Å². The van der Waals surface area contributed by atoms with Gasteiger partial charge >= 0.3 is 6.09 Å². The van der Waals surface area contributed by atoms with Crippen LogP contribution in [0.5, 0.6) is 0 Å². The minimum absolute atomic E-state index is 0.278. The molecule has 1 spiro atoms. The Morgan fingerprint density at radius 3 is 2.89 bits per heavy atom. The topological polar surface area (TPSA) is 60.0 Å². The van der Waals surface area contributed by atoms with E-state index in [0.717, 1.165) is 6.54 Å². The number of nitrogens with one attached hydrogen (secondary N) is 1. The summed E-state index contributed by atoms with van der Waals surface area (Å²) in [5, 5.41) is 3.29. The molecule has 2 fully saturated rings. The van der Waals surface area contributed by atoms with Gasteiger partial charge in [0.2, 0.25) is 0 Å². The summed E-state index contributed by atoms with van der Waals surface area (Å²) in [6, 6.07) is 0. The Morgan fingerprint density at radius 2 is 2.16 bits per heavy atom. The molecule has 0 aromatic rings. The molecule has 0 aromatic heterocycles. The van der Waals surface area contributed by atoms with Crippen molar-refractivity contribution in [3.05, 3.63) is 0 Å². The molecule has 1 amide bonds. The Kier molecular flexibility index (Phi) is 4.32.